The lowest BCUT2D eigenvalue weighted by Crippen LogP contribution is -2.35. The fraction of sp³-hybridized carbons (Fsp3) is 0.471. The van der Waals surface area contributed by atoms with Crippen LogP contribution >= 0.6 is 0 Å². The van der Waals surface area contributed by atoms with Gasteiger partial charge in [0.15, 0.2) is 0 Å². The topological polar surface area (TPSA) is 75.2 Å². The Balaban J connectivity index is 1.76. The highest BCUT2D eigenvalue weighted by Crippen LogP contribution is 2.29. The standard InChI is InChI=1S/C17H21N3O3/c1-2-19(11-12-7-8-12)15(21)9-10-20-17(23)14-6-4-3-5-13(14)16(22)18-20/h3-6,12H,2,7-11H2,1H3,(H,18,22). The summed E-state index contributed by atoms with van der Waals surface area (Å²) >= 11 is 0. The number of benzene rings is 1. The van der Waals surface area contributed by atoms with Crippen molar-refractivity contribution in [3.8, 4) is 0 Å². The number of carbonyl (C=O) groups excluding carboxylic acids is 1. The van der Waals surface area contributed by atoms with Crippen LogP contribution in [0.25, 0.3) is 10.8 Å². The van der Waals surface area contributed by atoms with Crippen molar-refractivity contribution in [1.82, 2.24) is 14.7 Å². The number of rotatable bonds is 6. The number of hydrogen-bond donors (Lipinski definition) is 1. The largest absolute Gasteiger partial charge is 0.343 e. The van der Waals surface area contributed by atoms with Crippen molar-refractivity contribution in [3.05, 3.63) is 45.0 Å². The Bertz CT molecular complexity index is 833. The van der Waals surface area contributed by atoms with Gasteiger partial charge in [-0.25, -0.2) is 4.68 Å². The van der Waals surface area contributed by atoms with E-state index in [2.05, 4.69) is 5.10 Å². The number of aromatic amines is 1. The first-order valence-corrected chi connectivity index (χ1v) is 8.09. The average molecular weight is 315 g/mol. The number of H-pyrrole nitrogens is 1. The third-order valence-electron chi connectivity index (χ3n) is 4.34. The van der Waals surface area contributed by atoms with Gasteiger partial charge in [-0.2, -0.15) is 0 Å². The minimum Gasteiger partial charge on any atom is -0.343 e. The molecule has 1 N–H and O–H groups in total. The Hall–Kier alpha value is -2.37. The molecule has 3 rings (SSSR count). The molecule has 1 aromatic heterocycles. The summed E-state index contributed by atoms with van der Waals surface area (Å²) in [6.07, 6.45) is 2.61. The molecule has 6 nitrogen and oxygen atoms in total. The van der Waals surface area contributed by atoms with Crippen LogP contribution in [-0.4, -0.2) is 33.7 Å². The summed E-state index contributed by atoms with van der Waals surface area (Å²) < 4.78 is 1.24. The molecule has 0 bridgehead atoms. The highest BCUT2D eigenvalue weighted by atomic mass is 16.2. The second-order valence-electron chi connectivity index (χ2n) is 6.07. The molecule has 0 atom stereocenters. The number of aromatic nitrogens is 2. The number of carbonyl (C=O) groups is 1. The van der Waals surface area contributed by atoms with Gasteiger partial charge in [-0.3, -0.25) is 19.5 Å². The normalized spacial score (nSPS) is 14.1. The first-order valence-electron chi connectivity index (χ1n) is 8.09. The van der Waals surface area contributed by atoms with Crippen molar-refractivity contribution in [2.24, 2.45) is 5.92 Å². The van der Waals surface area contributed by atoms with E-state index < -0.39 is 0 Å². The van der Waals surface area contributed by atoms with Gasteiger partial charge in [-0.05, 0) is 37.8 Å². The van der Waals surface area contributed by atoms with Gasteiger partial charge in [-0.15, -0.1) is 0 Å². The highest BCUT2D eigenvalue weighted by Gasteiger charge is 2.25. The Kier molecular flexibility index (Phi) is 4.32. The van der Waals surface area contributed by atoms with Crippen LogP contribution in [0.3, 0.4) is 0 Å². The van der Waals surface area contributed by atoms with E-state index in [1.807, 2.05) is 11.8 Å². The molecule has 0 spiro atoms. The number of nitrogens with zero attached hydrogens (tertiary/aromatic N) is 2. The summed E-state index contributed by atoms with van der Waals surface area (Å²) in [6, 6.07) is 6.71. The van der Waals surface area contributed by atoms with Crippen LogP contribution in [0.1, 0.15) is 26.2 Å². The van der Waals surface area contributed by atoms with Gasteiger partial charge in [0, 0.05) is 19.5 Å². The van der Waals surface area contributed by atoms with Crippen LogP contribution in [-0.2, 0) is 11.3 Å². The molecule has 1 aromatic carbocycles. The summed E-state index contributed by atoms with van der Waals surface area (Å²) in [5, 5.41) is 3.32. The predicted octanol–water partition coefficient (Wildman–Crippen LogP) is 1.34. The van der Waals surface area contributed by atoms with Gasteiger partial charge >= 0.3 is 0 Å². The minimum absolute atomic E-state index is 0.0281. The van der Waals surface area contributed by atoms with Gasteiger partial charge in [0.1, 0.15) is 0 Å². The monoisotopic (exact) mass is 315 g/mol. The molecule has 0 radical (unpaired) electrons. The molecule has 0 aliphatic heterocycles. The predicted molar refractivity (Wildman–Crippen MR) is 88.4 cm³/mol. The lowest BCUT2D eigenvalue weighted by molar-refractivity contribution is -0.131. The maximum Gasteiger partial charge on any atom is 0.273 e. The number of nitrogens with one attached hydrogen (secondary N) is 1. The fourth-order valence-electron chi connectivity index (χ4n) is 2.79. The average Bonchev–Trinajstić information content (AvgIpc) is 3.38. The molecular formula is C17H21N3O3. The first-order chi connectivity index (χ1) is 11.1. The number of hydrogen-bond acceptors (Lipinski definition) is 3. The zero-order valence-corrected chi connectivity index (χ0v) is 13.2. The van der Waals surface area contributed by atoms with E-state index in [-0.39, 0.29) is 30.0 Å². The molecule has 1 amide bonds. The van der Waals surface area contributed by atoms with Crippen molar-refractivity contribution < 1.29 is 4.79 Å². The van der Waals surface area contributed by atoms with Gasteiger partial charge in [-0.1, -0.05) is 12.1 Å². The van der Waals surface area contributed by atoms with E-state index in [0.717, 1.165) is 6.54 Å². The summed E-state index contributed by atoms with van der Waals surface area (Å²) in [6.45, 7) is 3.64. The van der Waals surface area contributed by atoms with Crippen LogP contribution in [0.2, 0.25) is 0 Å². The molecule has 1 fully saturated rings. The Labute approximate surface area is 133 Å². The lowest BCUT2D eigenvalue weighted by atomic mass is 10.2. The molecule has 122 valence electrons. The Morgan fingerprint density at radius 1 is 1.26 bits per heavy atom. The highest BCUT2D eigenvalue weighted by molar-refractivity contribution is 5.80. The molecule has 0 saturated heterocycles. The Morgan fingerprint density at radius 2 is 1.96 bits per heavy atom. The summed E-state index contributed by atoms with van der Waals surface area (Å²) in [5.74, 6) is 0.669. The molecule has 1 saturated carbocycles. The summed E-state index contributed by atoms with van der Waals surface area (Å²) in [4.78, 5) is 38.5. The number of fused-ring (bicyclic) bond motifs is 1. The van der Waals surface area contributed by atoms with E-state index in [1.165, 1.54) is 17.5 Å². The smallest absolute Gasteiger partial charge is 0.273 e. The quantitative estimate of drug-likeness (QED) is 0.874. The maximum absolute atomic E-state index is 12.4. The number of amides is 1. The second kappa shape index (κ2) is 6.40. The molecule has 2 aromatic rings. The van der Waals surface area contributed by atoms with Gasteiger partial charge in [0.05, 0.1) is 17.3 Å². The fourth-order valence-corrected chi connectivity index (χ4v) is 2.79. The van der Waals surface area contributed by atoms with Crippen LogP contribution < -0.4 is 11.1 Å². The van der Waals surface area contributed by atoms with Crippen molar-refractivity contribution in [2.45, 2.75) is 32.7 Å². The van der Waals surface area contributed by atoms with Gasteiger partial charge in [0.2, 0.25) is 5.91 Å². The molecule has 6 heteroatoms. The number of aryl methyl sites for hydroxylation is 1. The summed E-state index contributed by atoms with van der Waals surface area (Å²) in [5.41, 5.74) is -0.573. The maximum atomic E-state index is 12.4. The third-order valence-corrected chi connectivity index (χ3v) is 4.34. The van der Waals surface area contributed by atoms with Crippen LogP contribution in [0, 0.1) is 5.92 Å². The van der Waals surface area contributed by atoms with Crippen LogP contribution in [0.15, 0.2) is 33.9 Å². The lowest BCUT2D eigenvalue weighted by Gasteiger charge is -2.20. The first kappa shape index (κ1) is 15.5. The Morgan fingerprint density at radius 3 is 2.61 bits per heavy atom. The molecule has 0 unspecified atom stereocenters. The third kappa shape index (κ3) is 3.36. The van der Waals surface area contributed by atoms with Crippen molar-refractivity contribution in [2.75, 3.05) is 13.1 Å². The van der Waals surface area contributed by atoms with Crippen LogP contribution in [0.4, 0.5) is 0 Å². The zero-order valence-electron chi connectivity index (χ0n) is 13.2. The summed E-state index contributed by atoms with van der Waals surface area (Å²) in [7, 11) is 0. The molecule has 1 aliphatic rings. The van der Waals surface area contributed by atoms with Crippen molar-refractivity contribution in [1.29, 1.82) is 0 Å². The molecule has 1 heterocycles. The van der Waals surface area contributed by atoms with Crippen molar-refractivity contribution >= 4 is 16.7 Å². The molecule has 23 heavy (non-hydrogen) atoms. The van der Waals surface area contributed by atoms with E-state index >= 15 is 0 Å². The van der Waals surface area contributed by atoms with E-state index in [4.69, 9.17) is 0 Å². The zero-order chi connectivity index (χ0) is 16.4. The van der Waals surface area contributed by atoms with Gasteiger partial charge in [0.25, 0.3) is 11.1 Å². The van der Waals surface area contributed by atoms with E-state index in [1.54, 1.807) is 24.3 Å². The van der Waals surface area contributed by atoms with Gasteiger partial charge < -0.3 is 4.90 Å². The SMILES string of the molecule is CCN(CC1CC1)C(=O)CCn1[nH]c(=O)c2ccccc2c1=O. The van der Waals surface area contributed by atoms with Crippen molar-refractivity contribution in [3.63, 3.8) is 0 Å². The molecular weight excluding hydrogens is 294 g/mol. The van der Waals surface area contributed by atoms with E-state index in [0.29, 0.717) is 23.2 Å². The molecule has 1 aliphatic carbocycles. The van der Waals surface area contributed by atoms with Crippen LogP contribution in [0.5, 0.6) is 0 Å². The van der Waals surface area contributed by atoms with E-state index in [9.17, 15) is 14.4 Å². The minimum atomic E-state index is -0.307. The second-order valence-corrected chi connectivity index (χ2v) is 6.07.